The van der Waals surface area contributed by atoms with Gasteiger partial charge in [0.05, 0.1) is 43.9 Å². The number of hydrogen-bond donors (Lipinski definition) is 1. The lowest BCUT2D eigenvalue weighted by Crippen LogP contribution is -3.08. The Morgan fingerprint density at radius 2 is 1.79 bits per heavy atom. The first-order chi connectivity index (χ1) is 9.15. The summed E-state index contributed by atoms with van der Waals surface area (Å²) in [4.78, 5) is 12.2. The topological polar surface area (TPSA) is 66.0 Å². The molecule has 1 fully saturated rings. The van der Waals surface area contributed by atoms with E-state index in [0.717, 1.165) is 13.1 Å². The van der Waals surface area contributed by atoms with Gasteiger partial charge in [0.25, 0.3) is 5.69 Å². The van der Waals surface area contributed by atoms with E-state index in [0.29, 0.717) is 23.6 Å². The highest BCUT2D eigenvalue weighted by atomic mass is 16.6. The second-order valence-corrected chi connectivity index (χ2v) is 4.73. The second-order valence-electron chi connectivity index (χ2n) is 4.73. The molecule has 1 aliphatic rings. The molecule has 1 aromatic rings. The Hall–Kier alpha value is -1.82. The Morgan fingerprint density at radius 3 is 2.32 bits per heavy atom. The van der Waals surface area contributed by atoms with Gasteiger partial charge in [-0.1, -0.05) is 0 Å². The number of benzene rings is 1. The van der Waals surface area contributed by atoms with E-state index in [-0.39, 0.29) is 10.6 Å². The molecule has 1 saturated heterocycles. The highest BCUT2D eigenvalue weighted by Gasteiger charge is 2.24. The third-order valence-corrected chi connectivity index (χ3v) is 3.53. The second kappa shape index (κ2) is 5.88. The van der Waals surface area contributed by atoms with Crippen LogP contribution in [0.4, 0.5) is 5.69 Å². The first-order valence-corrected chi connectivity index (χ1v) is 6.38. The fourth-order valence-electron chi connectivity index (χ4n) is 2.54. The fraction of sp³-hybridized carbons (Fsp3) is 0.538. The molecule has 104 valence electrons. The standard InChI is InChI=1S/C13H18N2O4/c1-18-12-7-10(9-14-5-3-4-6-14)11(15(16)17)8-13(12)19-2/h7-8H,3-6,9H2,1-2H3/p+1. The molecule has 0 bridgehead atoms. The van der Waals surface area contributed by atoms with Gasteiger partial charge in [-0.2, -0.15) is 0 Å². The number of nitro benzene ring substituents is 1. The van der Waals surface area contributed by atoms with E-state index < -0.39 is 0 Å². The first kappa shape index (κ1) is 13.6. The number of rotatable bonds is 5. The van der Waals surface area contributed by atoms with Gasteiger partial charge in [0.2, 0.25) is 0 Å². The van der Waals surface area contributed by atoms with E-state index in [1.54, 1.807) is 6.07 Å². The van der Waals surface area contributed by atoms with E-state index in [1.807, 2.05) is 0 Å². The summed E-state index contributed by atoms with van der Waals surface area (Å²) in [6, 6.07) is 3.17. The van der Waals surface area contributed by atoms with Crippen molar-refractivity contribution in [1.82, 2.24) is 0 Å². The van der Waals surface area contributed by atoms with E-state index in [2.05, 4.69) is 0 Å². The summed E-state index contributed by atoms with van der Waals surface area (Å²) in [6.45, 7) is 2.81. The Labute approximate surface area is 112 Å². The van der Waals surface area contributed by atoms with E-state index >= 15 is 0 Å². The van der Waals surface area contributed by atoms with Gasteiger partial charge in [-0.15, -0.1) is 0 Å². The Morgan fingerprint density at radius 1 is 1.21 bits per heavy atom. The molecule has 0 atom stereocenters. The van der Waals surface area contributed by atoms with Gasteiger partial charge in [0, 0.05) is 12.8 Å². The number of likely N-dealkylation sites (tertiary alicyclic amines) is 1. The molecule has 19 heavy (non-hydrogen) atoms. The maximum absolute atomic E-state index is 11.2. The molecule has 1 aliphatic heterocycles. The van der Waals surface area contributed by atoms with Gasteiger partial charge in [-0.25, -0.2) is 0 Å². The monoisotopic (exact) mass is 267 g/mol. The fourth-order valence-corrected chi connectivity index (χ4v) is 2.54. The maximum Gasteiger partial charge on any atom is 0.282 e. The minimum atomic E-state index is -0.354. The predicted octanol–water partition coefficient (Wildman–Crippen LogP) is 0.791. The van der Waals surface area contributed by atoms with Gasteiger partial charge < -0.3 is 14.4 Å². The molecule has 6 heteroatoms. The van der Waals surface area contributed by atoms with Crippen molar-refractivity contribution in [3.05, 3.63) is 27.8 Å². The Balaban J connectivity index is 2.35. The molecular formula is C13H19N2O4+. The maximum atomic E-state index is 11.2. The Kier molecular flexibility index (Phi) is 4.21. The number of nitro groups is 1. The minimum absolute atomic E-state index is 0.108. The molecule has 0 unspecified atom stereocenters. The molecule has 1 N–H and O–H groups in total. The molecular weight excluding hydrogens is 248 g/mol. The first-order valence-electron chi connectivity index (χ1n) is 6.38. The number of nitrogens with one attached hydrogen (secondary N) is 1. The molecule has 0 amide bonds. The van der Waals surface area contributed by atoms with Gasteiger partial charge in [0.1, 0.15) is 6.54 Å². The summed E-state index contributed by atoms with van der Waals surface area (Å²) in [5.74, 6) is 0.941. The van der Waals surface area contributed by atoms with Crippen LogP contribution in [-0.4, -0.2) is 32.2 Å². The van der Waals surface area contributed by atoms with Crippen LogP contribution in [0.25, 0.3) is 0 Å². The average Bonchev–Trinajstić information content (AvgIpc) is 2.90. The highest BCUT2D eigenvalue weighted by molar-refractivity contribution is 5.54. The lowest BCUT2D eigenvalue weighted by molar-refractivity contribution is -0.901. The normalized spacial score (nSPS) is 15.5. The van der Waals surface area contributed by atoms with E-state index in [9.17, 15) is 10.1 Å². The molecule has 1 heterocycles. The summed E-state index contributed by atoms with van der Waals surface area (Å²) in [6.07, 6.45) is 2.38. The van der Waals surface area contributed by atoms with Crippen molar-refractivity contribution in [1.29, 1.82) is 0 Å². The van der Waals surface area contributed by atoms with Crippen LogP contribution in [0.5, 0.6) is 11.5 Å². The molecule has 0 aliphatic carbocycles. The van der Waals surface area contributed by atoms with Crippen LogP contribution in [0, 0.1) is 10.1 Å². The summed E-state index contributed by atoms with van der Waals surface area (Å²) in [7, 11) is 3.02. The lowest BCUT2D eigenvalue weighted by atomic mass is 10.1. The highest BCUT2D eigenvalue weighted by Crippen LogP contribution is 2.34. The lowest BCUT2D eigenvalue weighted by Gasteiger charge is -2.14. The van der Waals surface area contributed by atoms with Crippen molar-refractivity contribution in [2.75, 3.05) is 27.3 Å². The summed E-state index contributed by atoms with van der Waals surface area (Å²) in [5, 5.41) is 11.2. The average molecular weight is 267 g/mol. The van der Waals surface area contributed by atoms with Crippen LogP contribution >= 0.6 is 0 Å². The molecule has 0 radical (unpaired) electrons. The third-order valence-electron chi connectivity index (χ3n) is 3.53. The molecule has 0 aromatic heterocycles. The third kappa shape index (κ3) is 2.96. The number of hydrogen-bond acceptors (Lipinski definition) is 4. The van der Waals surface area contributed by atoms with E-state index in [1.165, 1.54) is 38.0 Å². The summed E-state index contributed by atoms with van der Waals surface area (Å²) < 4.78 is 10.3. The summed E-state index contributed by atoms with van der Waals surface area (Å²) >= 11 is 0. The van der Waals surface area contributed by atoms with Crippen molar-refractivity contribution in [3.8, 4) is 11.5 Å². The van der Waals surface area contributed by atoms with Crippen molar-refractivity contribution in [2.45, 2.75) is 19.4 Å². The van der Waals surface area contributed by atoms with E-state index in [4.69, 9.17) is 9.47 Å². The van der Waals surface area contributed by atoms with Crippen LogP contribution in [0.3, 0.4) is 0 Å². The zero-order valence-electron chi connectivity index (χ0n) is 11.3. The van der Waals surface area contributed by atoms with Crippen molar-refractivity contribution >= 4 is 5.69 Å². The largest absolute Gasteiger partial charge is 0.493 e. The van der Waals surface area contributed by atoms with Gasteiger partial charge >= 0.3 is 0 Å². The van der Waals surface area contributed by atoms with Gasteiger partial charge in [0.15, 0.2) is 11.5 Å². The van der Waals surface area contributed by atoms with Crippen molar-refractivity contribution in [2.24, 2.45) is 0 Å². The number of ether oxygens (including phenoxy) is 2. The molecule has 0 saturated carbocycles. The number of methoxy groups -OCH3 is 2. The number of nitrogens with zero attached hydrogens (tertiary/aromatic N) is 1. The predicted molar refractivity (Wildman–Crippen MR) is 69.8 cm³/mol. The van der Waals surface area contributed by atoms with Crippen LogP contribution in [0.1, 0.15) is 18.4 Å². The SMILES string of the molecule is COc1cc(C[NH+]2CCCC2)c([N+](=O)[O-])cc1OC. The summed E-state index contributed by atoms with van der Waals surface area (Å²) in [5.41, 5.74) is 0.816. The smallest absolute Gasteiger partial charge is 0.282 e. The van der Waals surface area contributed by atoms with Crippen LogP contribution in [0.2, 0.25) is 0 Å². The zero-order chi connectivity index (χ0) is 13.8. The molecule has 1 aromatic carbocycles. The van der Waals surface area contributed by atoms with Gasteiger partial charge in [-0.3, -0.25) is 10.1 Å². The molecule has 2 rings (SSSR count). The van der Waals surface area contributed by atoms with Crippen molar-refractivity contribution in [3.63, 3.8) is 0 Å². The zero-order valence-corrected chi connectivity index (χ0v) is 11.3. The molecule has 0 spiro atoms. The number of quaternary nitrogens is 1. The van der Waals surface area contributed by atoms with Crippen molar-refractivity contribution < 1.29 is 19.3 Å². The van der Waals surface area contributed by atoms with Crippen LogP contribution < -0.4 is 14.4 Å². The van der Waals surface area contributed by atoms with Crippen LogP contribution in [-0.2, 0) is 6.54 Å². The molecule has 6 nitrogen and oxygen atoms in total. The van der Waals surface area contributed by atoms with Crippen LogP contribution in [0.15, 0.2) is 12.1 Å². The quantitative estimate of drug-likeness (QED) is 0.633. The minimum Gasteiger partial charge on any atom is -0.493 e. The van der Waals surface area contributed by atoms with Gasteiger partial charge in [-0.05, 0) is 6.07 Å². The Bertz CT molecular complexity index is 470.